The van der Waals surface area contributed by atoms with Gasteiger partial charge in [0.25, 0.3) is 5.91 Å². The minimum atomic E-state index is 0.139. The topological polar surface area (TPSA) is 50.2 Å². The van der Waals surface area contributed by atoms with Gasteiger partial charge in [0.05, 0.1) is 5.69 Å². The number of hydrogen-bond acceptors (Lipinski definition) is 3. The number of nitrogens with one attached hydrogen (secondary N) is 1. The molecule has 20 heavy (non-hydrogen) atoms. The van der Waals surface area contributed by atoms with Crippen LogP contribution in [0.1, 0.15) is 42.9 Å². The number of carbonyl (C=O) groups excluding carboxylic acids is 1. The van der Waals surface area contributed by atoms with Crippen molar-refractivity contribution in [3.8, 4) is 0 Å². The third kappa shape index (κ3) is 3.20. The maximum absolute atomic E-state index is 12.7. The molecule has 1 fully saturated rings. The molecule has 1 amide bonds. The van der Waals surface area contributed by atoms with Crippen LogP contribution in [0, 0.1) is 5.92 Å². The van der Waals surface area contributed by atoms with Gasteiger partial charge in [-0.2, -0.15) is 5.10 Å². The van der Waals surface area contributed by atoms with Crippen LogP contribution in [0.25, 0.3) is 0 Å². The zero-order valence-corrected chi connectivity index (χ0v) is 12.9. The highest BCUT2D eigenvalue weighted by molar-refractivity contribution is 5.92. The van der Waals surface area contributed by atoms with Gasteiger partial charge in [0.1, 0.15) is 5.69 Å². The molecule has 0 bridgehead atoms. The number of rotatable bonds is 5. The van der Waals surface area contributed by atoms with E-state index >= 15 is 0 Å². The molecule has 0 aliphatic carbocycles. The molecule has 2 heterocycles. The molecule has 1 saturated heterocycles. The van der Waals surface area contributed by atoms with E-state index in [0.717, 1.165) is 50.4 Å². The molecule has 1 aliphatic heterocycles. The van der Waals surface area contributed by atoms with E-state index in [-0.39, 0.29) is 5.91 Å². The molecule has 1 aliphatic rings. The lowest BCUT2D eigenvalue weighted by atomic mass is 9.98. The lowest BCUT2D eigenvalue weighted by Gasteiger charge is -2.32. The molecule has 5 heteroatoms. The van der Waals surface area contributed by atoms with Gasteiger partial charge in [-0.25, -0.2) is 0 Å². The smallest absolute Gasteiger partial charge is 0.272 e. The van der Waals surface area contributed by atoms with Crippen molar-refractivity contribution in [2.75, 3.05) is 26.7 Å². The van der Waals surface area contributed by atoms with Crippen LogP contribution in [0.5, 0.6) is 0 Å². The maximum Gasteiger partial charge on any atom is 0.272 e. The zero-order chi connectivity index (χ0) is 14.5. The van der Waals surface area contributed by atoms with E-state index in [9.17, 15) is 4.79 Å². The fourth-order valence-corrected chi connectivity index (χ4v) is 2.92. The highest BCUT2D eigenvalue weighted by Gasteiger charge is 2.26. The number of amides is 1. The number of aryl methyl sites for hydroxylation is 2. The standard InChI is InChI=1S/C15H26N4O/c1-4-13-9-14(19(5-2)17-13)15(20)18-8-6-7-12(11-18)10-16-3/h9,12,16H,4-8,10-11H2,1-3H3. The maximum atomic E-state index is 12.7. The summed E-state index contributed by atoms with van der Waals surface area (Å²) >= 11 is 0. The molecule has 0 spiro atoms. The molecule has 1 atom stereocenters. The Morgan fingerprint density at radius 3 is 2.95 bits per heavy atom. The van der Waals surface area contributed by atoms with Crippen LogP contribution in [-0.2, 0) is 13.0 Å². The molecular weight excluding hydrogens is 252 g/mol. The SMILES string of the molecule is CCc1cc(C(=O)N2CCCC(CNC)C2)n(CC)n1. The Bertz CT molecular complexity index is 453. The molecule has 5 nitrogen and oxygen atoms in total. The van der Waals surface area contributed by atoms with Gasteiger partial charge in [0.2, 0.25) is 0 Å². The number of piperidine rings is 1. The van der Waals surface area contributed by atoms with Crippen LogP contribution < -0.4 is 5.32 Å². The van der Waals surface area contributed by atoms with Crippen molar-refractivity contribution in [2.45, 2.75) is 39.7 Å². The summed E-state index contributed by atoms with van der Waals surface area (Å²) in [6.45, 7) is 7.56. The predicted octanol–water partition coefficient (Wildman–Crippen LogP) is 1.54. The Morgan fingerprint density at radius 2 is 2.30 bits per heavy atom. The molecule has 1 aromatic heterocycles. The first kappa shape index (κ1) is 15.0. The lowest BCUT2D eigenvalue weighted by molar-refractivity contribution is 0.0661. The van der Waals surface area contributed by atoms with Gasteiger partial charge in [0, 0.05) is 19.6 Å². The van der Waals surface area contributed by atoms with Gasteiger partial charge >= 0.3 is 0 Å². The Balaban J connectivity index is 2.12. The summed E-state index contributed by atoms with van der Waals surface area (Å²) in [6.07, 6.45) is 3.17. The molecule has 0 saturated carbocycles. The van der Waals surface area contributed by atoms with Crippen LogP contribution in [0.3, 0.4) is 0 Å². The van der Waals surface area contributed by atoms with Gasteiger partial charge < -0.3 is 10.2 Å². The third-order valence-corrected chi connectivity index (χ3v) is 4.01. The van der Waals surface area contributed by atoms with Crippen molar-refractivity contribution in [1.82, 2.24) is 20.0 Å². The van der Waals surface area contributed by atoms with Gasteiger partial charge in [-0.05, 0) is 51.8 Å². The highest BCUT2D eigenvalue weighted by atomic mass is 16.2. The van der Waals surface area contributed by atoms with E-state index in [2.05, 4.69) is 17.3 Å². The Kier molecular flexibility index (Phi) is 5.17. The average Bonchev–Trinajstić information content (AvgIpc) is 2.90. The lowest BCUT2D eigenvalue weighted by Crippen LogP contribution is -2.43. The van der Waals surface area contributed by atoms with E-state index < -0.39 is 0 Å². The third-order valence-electron chi connectivity index (χ3n) is 4.01. The van der Waals surface area contributed by atoms with Crippen LogP contribution >= 0.6 is 0 Å². The second-order valence-electron chi connectivity index (χ2n) is 5.51. The summed E-state index contributed by atoms with van der Waals surface area (Å²) < 4.78 is 1.84. The Labute approximate surface area is 121 Å². The van der Waals surface area contributed by atoms with Crippen molar-refractivity contribution in [3.63, 3.8) is 0 Å². The number of likely N-dealkylation sites (tertiary alicyclic amines) is 1. The van der Waals surface area contributed by atoms with E-state index in [0.29, 0.717) is 5.92 Å². The van der Waals surface area contributed by atoms with E-state index in [1.165, 1.54) is 6.42 Å². The Hall–Kier alpha value is -1.36. The van der Waals surface area contributed by atoms with Crippen LogP contribution in [-0.4, -0.2) is 47.3 Å². The second kappa shape index (κ2) is 6.88. The fourth-order valence-electron chi connectivity index (χ4n) is 2.92. The van der Waals surface area contributed by atoms with Crippen molar-refractivity contribution >= 4 is 5.91 Å². The first-order valence-electron chi connectivity index (χ1n) is 7.70. The van der Waals surface area contributed by atoms with Crippen molar-refractivity contribution in [3.05, 3.63) is 17.5 Å². The summed E-state index contributed by atoms with van der Waals surface area (Å²) in [4.78, 5) is 14.7. The van der Waals surface area contributed by atoms with Crippen LogP contribution in [0.2, 0.25) is 0 Å². The molecule has 1 aromatic rings. The number of aromatic nitrogens is 2. The van der Waals surface area contributed by atoms with Crippen molar-refractivity contribution < 1.29 is 4.79 Å². The molecule has 2 rings (SSSR count). The van der Waals surface area contributed by atoms with Gasteiger partial charge in [-0.3, -0.25) is 9.48 Å². The van der Waals surface area contributed by atoms with Crippen LogP contribution in [0.4, 0.5) is 0 Å². The minimum Gasteiger partial charge on any atom is -0.337 e. The molecule has 0 aromatic carbocycles. The van der Waals surface area contributed by atoms with Gasteiger partial charge in [-0.15, -0.1) is 0 Å². The van der Waals surface area contributed by atoms with E-state index in [1.807, 2.05) is 29.6 Å². The first-order chi connectivity index (χ1) is 9.69. The second-order valence-corrected chi connectivity index (χ2v) is 5.51. The van der Waals surface area contributed by atoms with Crippen molar-refractivity contribution in [2.24, 2.45) is 5.92 Å². The highest BCUT2D eigenvalue weighted by Crippen LogP contribution is 2.18. The fraction of sp³-hybridized carbons (Fsp3) is 0.733. The van der Waals surface area contributed by atoms with Crippen molar-refractivity contribution in [1.29, 1.82) is 0 Å². The Morgan fingerprint density at radius 1 is 1.50 bits per heavy atom. The molecule has 1 N–H and O–H groups in total. The van der Waals surface area contributed by atoms with E-state index in [4.69, 9.17) is 0 Å². The van der Waals surface area contributed by atoms with Crippen LogP contribution in [0.15, 0.2) is 6.07 Å². The number of hydrogen-bond donors (Lipinski definition) is 1. The van der Waals surface area contributed by atoms with Gasteiger partial charge in [-0.1, -0.05) is 6.92 Å². The summed E-state index contributed by atoms with van der Waals surface area (Å²) in [5, 5.41) is 7.69. The zero-order valence-electron chi connectivity index (χ0n) is 12.9. The summed E-state index contributed by atoms with van der Waals surface area (Å²) in [5.41, 5.74) is 1.74. The molecule has 112 valence electrons. The van der Waals surface area contributed by atoms with E-state index in [1.54, 1.807) is 0 Å². The number of carbonyl (C=O) groups is 1. The van der Waals surface area contributed by atoms with Gasteiger partial charge in [0.15, 0.2) is 0 Å². The molecule has 0 radical (unpaired) electrons. The summed E-state index contributed by atoms with van der Waals surface area (Å²) in [7, 11) is 1.97. The largest absolute Gasteiger partial charge is 0.337 e. The normalized spacial score (nSPS) is 19.4. The predicted molar refractivity (Wildman–Crippen MR) is 79.8 cm³/mol. The molecule has 1 unspecified atom stereocenters. The minimum absolute atomic E-state index is 0.139. The average molecular weight is 278 g/mol. The monoisotopic (exact) mass is 278 g/mol. The number of nitrogens with zero attached hydrogens (tertiary/aromatic N) is 3. The first-order valence-corrected chi connectivity index (χ1v) is 7.70. The quantitative estimate of drug-likeness (QED) is 0.889. The summed E-state index contributed by atoms with van der Waals surface area (Å²) in [5.74, 6) is 0.709. The summed E-state index contributed by atoms with van der Waals surface area (Å²) in [6, 6.07) is 1.95. The molecular formula is C15H26N4O.